The standard InChI is InChI=1S/C17H18O6.C14H14N2O/c1-17(16(20)21)8-10(7-11(9-17)15(18)19)14-12(22-2)5-4-6-13(14)23-3;17-14-6-3-7-16(14)10-11-8-12-4-1-2-5-13(12)15-9-11/h4-8H,9H2,1-3H3,(H,18,19)(H,20,21);1-2,4-5,8-9H,3,6-7,10H2. The summed E-state index contributed by atoms with van der Waals surface area (Å²) in [6.45, 7) is 3.06. The van der Waals surface area contributed by atoms with Gasteiger partial charge in [-0.15, -0.1) is 0 Å². The molecule has 1 aliphatic carbocycles. The van der Waals surface area contributed by atoms with Crippen LogP contribution < -0.4 is 9.47 Å². The van der Waals surface area contributed by atoms with Crippen LogP contribution in [-0.2, 0) is 20.9 Å². The van der Waals surface area contributed by atoms with Crippen molar-refractivity contribution in [1.29, 1.82) is 0 Å². The maximum atomic E-state index is 11.6. The normalized spacial score (nSPS) is 18.4. The summed E-state index contributed by atoms with van der Waals surface area (Å²) in [5, 5.41) is 19.9. The molecule has 2 heterocycles. The number of hydrogen-bond acceptors (Lipinski definition) is 6. The molecule has 1 unspecified atom stereocenters. The fourth-order valence-corrected chi connectivity index (χ4v) is 4.92. The molecule has 9 nitrogen and oxygen atoms in total. The molecule has 0 bridgehead atoms. The minimum atomic E-state index is -1.32. The molecular formula is C31H32N2O7. The highest BCUT2D eigenvalue weighted by Crippen LogP contribution is 2.43. The zero-order valence-corrected chi connectivity index (χ0v) is 22.7. The zero-order chi connectivity index (χ0) is 28.9. The Labute approximate surface area is 232 Å². The van der Waals surface area contributed by atoms with Gasteiger partial charge in [-0.1, -0.05) is 30.3 Å². The summed E-state index contributed by atoms with van der Waals surface area (Å²) >= 11 is 0. The fraction of sp³-hybridized carbons (Fsp3) is 0.290. The van der Waals surface area contributed by atoms with Gasteiger partial charge in [0.2, 0.25) is 5.91 Å². The first kappa shape index (κ1) is 28.4. The number of methoxy groups -OCH3 is 2. The predicted octanol–water partition coefficient (Wildman–Crippen LogP) is 4.95. The number of carbonyl (C=O) groups is 3. The summed E-state index contributed by atoms with van der Waals surface area (Å²) in [6, 6.07) is 15.3. The third-order valence-corrected chi connectivity index (χ3v) is 7.03. The Hall–Kier alpha value is -4.66. The van der Waals surface area contributed by atoms with Crippen molar-refractivity contribution >= 4 is 34.3 Å². The summed E-state index contributed by atoms with van der Waals surface area (Å²) in [7, 11) is 2.97. The van der Waals surface area contributed by atoms with Gasteiger partial charge >= 0.3 is 11.9 Å². The quantitative estimate of drug-likeness (QED) is 0.428. The lowest BCUT2D eigenvalue weighted by Gasteiger charge is -2.27. The predicted molar refractivity (Wildman–Crippen MR) is 150 cm³/mol. The van der Waals surface area contributed by atoms with E-state index in [1.54, 1.807) is 24.3 Å². The van der Waals surface area contributed by atoms with Crippen LogP contribution in [0, 0.1) is 5.41 Å². The number of allylic oxidation sites excluding steroid dienone is 2. The van der Waals surface area contributed by atoms with E-state index in [1.807, 2.05) is 29.3 Å². The Balaban J connectivity index is 0.000000192. The van der Waals surface area contributed by atoms with Crippen LogP contribution in [0.1, 0.15) is 37.3 Å². The number of nitrogens with zero attached hydrogens (tertiary/aromatic N) is 2. The van der Waals surface area contributed by atoms with Crippen LogP contribution in [0.25, 0.3) is 16.5 Å². The Bertz CT molecular complexity index is 1490. The van der Waals surface area contributed by atoms with Crippen molar-refractivity contribution in [2.24, 2.45) is 5.41 Å². The smallest absolute Gasteiger partial charge is 0.331 e. The van der Waals surface area contributed by atoms with Crippen molar-refractivity contribution in [1.82, 2.24) is 9.88 Å². The van der Waals surface area contributed by atoms with Crippen molar-refractivity contribution in [3.05, 3.63) is 83.6 Å². The average Bonchev–Trinajstić information content (AvgIpc) is 3.36. The number of fused-ring (bicyclic) bond motifs is 1. The van der Waals surface area contributed by atoms with Crippen LogP contribution in [0.3, 0.4) is 0 Å². The van der Waals surface area contributed by atoms with Crippen LogP contribution in [-0.4, -0.2) is 58.7 Å². The summed E-state index contributed by atoms with van der Waals surface area (Å²) in [6.07, 6.45) is 6.48. The molecule has 0 radical (unpaired) electrons. The van der Waals surface area contributed by atoms with E-state index in [9.17, 15) is 24.6 Å². The van der Waals surface area contributed by atoms with Crippen molar-refractivity contribution in [3.63, 3.8) is 0 Å². The Morgan fingerprint density at radius 3 is 2.35 bits per heavy atom. The number of pyridine rings is 1. The number of carboxylic acids is 2. The molecule has 0 saturated carbocycles. The second kappa shape index (κ2) is 12.0. The van der Waals surface area contributed by atoms with E-state index in [2.05, 4.69) is 17.1 Å². The van der Waals surface area contributed by atoms with Crippen molar-refractivity contribution in [2.75, 3.05) is 20.8 Å². The van der Waals surface area contributed by atoms with Gasteiger partial charge in [-0.3, -0.25) is 14.6 Å². The Morgan fingerprint density at radius 1 is 1.05 bits per heavy atom. The zero-order valence-electron chi connectivity index (χ0n) is 22.7. The first-order chi connectivity index (χ1) is 19.1. The third-order valence-electron chi connectivity index (χ3n) is 7.03. The third kappa shape index (κ3) is 6.14. The number of carboxylic acid groups (broad SMARTS) is 2. The highest BCUT2D eigenvalue weighted by atomic mass is 16.5. The topological polar surface area (TPSA) is 126 Å². The van der Waals surface area contributed by atoms with Gasteiger partial charge in [0.15, 0.2) is 0 Å². The lowest BCUT2D eigenvalue weighted by molar-refractivity contribution is -0.145. The van der Waals surface area contributed by atoms with Gasteiger partial charge in [-0.25, -0.2) is 4.79 Å². The molecule has 9 heteroatoms. The monoisotopic (exact) mass is 544 g/mol. The minimum Gasteiger partial charge on any atom is -0.496 e. The molecule has 40 heavy (non-hydrogen) atoms. The number of aromatic nitrogens is 1. The van der Waals surface area contributed by atoms with E-state index >= 15 is 0 Å². The van der Waals surface area contributed by atoms with Gasteiger partial charge in [0.25, 0.3) is 0 Å². The number of hydrogen-bond donors (Lipinski definition) is 2. The molecular weight excluding hydrogens is 512 g/mol. The minimum absolute atomic E-state index is 0.0281. The summed E-state index contributed by atoms with van der Waals surface area (Å²) < 4.78 is 10.6. The molecule has 1 aromatic heterocycles. The molecule has 1 amide bonds. The van der Waals surface area contributed by atoms with Crippen molar-refractivity contribution in [3.8, 4) is 11.5 Å². The van der Waals surface area contributed by atoms with E-state index in [0.717, 1.165) is 29.4 Å². The van der Waals surface area contributed by atoms with Crippen LogP contribution in [0.2, 0.25) is 0 Å². The number of aliphatic carboxylic acids is 2. The number of rotatable bonds is 7. The van der Waals surface area contributed by atoms with E-state index in [1.165, 1.54) is 27.2 Å². The highest BCUT2D eigenvalue weighted by Gasteiger charge is 2.37. The van der Waals surface area contributed by atoms with E-state index in [4.69, 9.17) is 9.47 Å². The summed E-state index contributed by atoms with van der Waals surface area (Å²) in [4.78, 5) is 40.9. The molecule has 208 valence electrons. The molecule has 2 N–H and O–H groups in total. The fourth-order valence-electron chi connectivity index (χ4n) is 4.92. The molecule has 0 spiro atoms. The Kier molecular flexibility index (Phi) is 8.52. The van der Waals surface area contributed by atoms with Crippen LogP contribution in [0.5, 0.6) is 11.5 Å². The average molecular weight is 545 g/mol. The molecule has 2 aromatic carbocycles. The lowest BCUT2D eigenvalue weighted by atomic mass is 9.76. The van der Waals surface area contributed by atoms with E-state index in [-0.39, 0.29) is 17.9 Å². The number of carbonyl (C=O) groups excluding carboxylic acids is 1. The van der Waals surface area contributed by atoms with Gasteiger partial charge < -0.3 is 24.6 Å². The number of likely N-dealkylation sites (tertiary alicyclic amines) is 1. The van der Waals surface area contributed by atoms with Crippen LogP contribution in [0.4, 0.5) is 0 Å². The van der Waals surface area contributed by atoms with E-state index in [0.29, 0.717) is 35.6 Å². The molecule has 2 aliphatic rings. The lowest BCUT2D eigenvalue weighted by Crippen LogP contribution is -2.29. The van der Waals surface area contributed by atoms with Gasteiger partial charge in [0.05, 0.1) is 30.7 Å². The molecule has 1 atom stereocenters. The molecule has 5 rings (SSSR count). The SMILES string of the molecule is COc1cccc(OC)c1C1=CC(C)(C(=O)O)CC(C(=O)O)=C1.O=C1CCCN1Cc1cnc2ccccc2c1. The Morgan fingerprint density at radius 2 is 1.75 bits per heavy atom. The first-order valence-corrected chi connectivity index (χ1v) is 12.9. The first-order valence-electron chi connectivity index (χ1n) is 12.9. The van der Waals surface area contributed by atoms with Crippen molar-refractivity contribution < 1.29 is 34.1 Å². The van der Waals surface area contributed by atoms with Gasteiger partial charge in [-0.2, -0.15) is 0 Å². The number of ether oxygens (including phenoxy) is 2. The second-order valence-electron chi connectivity index (χ2n) is 9.97. The summed E-state index contributed by atoms with van der Waals surface area (Å²) in [5.74, 6) is -1.01. The molecule has 3 aromatic rings. The van der Waals surface area contributed by atoms with E-state index < -0.39 is 17.4 Å². The van der Waals surface area contributed by atoms with Crippen LogP contribution >= 0.6 is 0 Å². The molecule has 1 aliphatic heterocycles. The number of benzene rings is 2. The maximum absolute atomic E-state index is 11.6. The summed E-state index contributed by atoms with van der Waals surface area (Å²) in [5.41, 5.74) is 1.81. The van der Waals surface area contributed by atoms with Crippen molar-refractivity contribution in [2.45, 2.75) is 32.7 Å². The highest BCUT2D eigenvalue weighted by molar-refractivity contribution is 5.97. The second-order valence-corrected chi connectivity index (χ2v) is 9.97. The molecule has 1 saturated heterocycles. The number of amides is 1. The van der Waals surface area contributed by atoms with Gasteiger partial charge in [0, 0.05) is 36.7 Å². The maximum Gasteiger partial charge on any atom is 0.331 e. The molecule has 1 fully saturated rings. The largest absolute Gasteiger partial charge is 0.496 e. The van der Waals surface area contributed by atoms with Gasteiger partial charge in [-0.05, 0) is 61.2 Å². The number of para-hydroxylation sites is 1. The van der Waals surface area contributed by atoms with Gasteiger partial charge in [0.1, 0.15) is 11.5 Å². The van der Waals surface area contributed by atoms with Crippen LogP contribution in [0.15, 0.2) is 72.5 Å².